The van der Waals surface area contributed by atoms with Gasteiger partial charge in [-0.1, -0.05) is 31.4 Å². The molecule has 3 rings (SSSR count). The smallest absolute Gasteiger partial charge is 0.419 e. The van der Waals surface area contributed by atoms with Crippen LogP contribution in [-0.4, -0.2) is 33.2 Å². The van der Waals surface area contributed by atoms with Crippen molar-refractivity contribution in [2.75, 3.05) is 9.36 Å². The normalized spacial score (nSPS) is 10.7. The van der Waals surface area contributed by atoms with Crippen LogP contribution in [0, 0.1) is 0 Å². The van der Waals surface area contributed by atoms with Gasteiger partial charge in [-0.25, -0.2) is 9.59 Å². The number of carbonyl (C=O) groups excluding carboxylic acids is 4. The maximum absolute atomic E-state index is 12.3. The van der Waals surface area contributed by atoms with Crippen molar-refractivity contribution in [2.45, 2.75) is 0 Å². The van der Waals surface area contributed by atoms with Gasteiger partial charge in [0.2, 0.25) is 0 Å². The molecule has 0 unspecified atom stereocenters. The van der Waals surface area contributed by atoms with Gasteiger partial charge in [-0.05, 0) is 23.3 Å². The summed E-state index contributed by atoms with van der Waals surface area (Å²) >= 11 is 0.00983. The molecule has 0 amide bonds. The van der Waals surface area contributed by atoms with Gasteiger partial charge < -0.3 is 9.47 Å². The van der Waals surface area contributed by atoms with Gasteiger partial charge in [-0.2, -0.15) is 0 Å². The number of benzene rings is 3. The molecule has 220 valence electrons. The van der Waals surface area contributed by atoms with Crippen LogP contribution in [0.5, 0.6) is 23.0 Å². The van der Waals surface area contributed by atoms with Crippen LogP contribution in [0.4, 0.5) is 0 Å². The van der Waals surface area contributed by atoms with Crippen LogP contribution in [0.3, 0.4) is 0 Å². The van der Waals surface area contributed by atoms with E-state index in [-0.39, 0.29) is 44.2 Å². The van der Waals surface area contributed by atoms with E-state index in [1.54, 1.807) is 36.4 Å². The van der Waals surface area contributed by atoms with Crippen molar-refractivity contribution >= 4 is 36.0 Å². The van der Waals surface area contributed by atoms with Crippen molar-refractivity contribution in [1.82, 2.24) is 0 Å². The third-order valence-corrected chi connectivity index (χ3v) is 6.85. The fourth-order valence-corrected chi connectivity index (χ4v) is 4.21. The molecule has 3 aromatic carbocycles. The number of hydrogen-bond donors (Lipinski definition) is 0. The summed E-state index contributed by atoms with van der Waals surface area (Å²) in [7, 11) is 0. The number of rotatable bonds is 13. The van der Waals surface area contributed by atoms with Crippen molar-refractivity contribution in [1.29, 1.82) is 0 Å². The average molecular weight is 691 g/mol. The number of ether oxygens (including phenoxy) is 4. The fourth-order valence-electron chi connectivity index (χ4n) is 3.45. The molecule has 0 atom stereocenters. The third kappa shape index (κ3) is 10.1. The number of alkyl halides is 2. The molecule has 0 aliphatic carbocycles. The Bertz CT molecular complexity index is 1600. The summed E-state index contributed by atoms with van der Waals surface area (Å²) in [5.41, 5.74) is 3.10. The van der Waals surface area contributed by atoms with E-state index in [4.69, 9.17) is 18.9 Å². The fraction of sp³-hybridized carbons (Fsp3) is 0.0588. The van der Waals surface area contributed by atoms with Crippen molar-refractivity contribution in [3.05, 3.63) is 122 Å². The minimum absolute atomic E-state index is 0.00983. The number of esters is 4. The second-order valence-corrected chi connectivity index (χ2v) is 10.9. The zero-order valence-electron chi connectivity index (χ0n) is 23.3. The van der Waals surface area contributed by atoms with Crippen LogP contribution in [-0.2, 0) is 19.2 Å². The van der Waals surface area contributed by atoms with Crippen LogP contribution in [0.2, 0.25) is 0 Å². The molecule has 0 aromatic heterocycles. The van der Waals surface area contributed by atoms with Crippen LogP contribution < -0.4 is 40.2 Å². The first-order chi connectivity index (χ1) is 20.8. The first-order valence-electron chi connectivity index (χ1n) is 12.7. The summed E-state index contributed by atoms with van der Waals surface area (Å²) in [6, 6.07) is 17.2. The summed E-state index contributed by atoms with van der Waals surface area (Å²) in [5.74, 6) is -2.32. The Kier molecular flexibility index (Phi) is 12.4. The van der Waals surface area contributed by atoms with Gasteiger partial charge >= 0.3 is 163 Å². The van der Waals surface area contributed by atoms with Crippen LogP contribution in [0.1, 0.15) is 11.1 Å². The minimum Gasteiger partial charge on any atom is -0.419 e. The Hall–Kier alpha value is -5.03. The zero-order valence-corrected chi connectivity index (χ0v) is 25.4. The number of allylic oxidation sites excluding steroid dienone is 1. The molecular weight excluding hydrogens is 663 g/mol. The summed E-state index contributed by atoms with van der Waals surface area (Å²) < 4.78 is 21.9. The second-order valence-electron chi connectivity index (χ2n) is 8.44. The van der Waals surface area contributed by atoms with Crippen molar-refractivity contribution in [3.8, 4) is 34.1 Å². The van der Waals surface area contributed by atoms with Gasteiger partial charge in [0.05, 0.1) is 0 Å². The van der Waals surface area contributed by atoms with Crippen molar-refractivity contribution < 1.29 is 59.3 Å². The van der Waals surface area contributed by atoms with E-state index in [9.17, 15) is 19.2 Å². The summed E-state index contributed by atoms with van der Waals surface area (Å²) in [4.78, 5) is 49.6. The summed E-state index contributed by atoms with van der Waals surface area (Å²) in [6.45, 7) is 10.2. The minimum atomic E-state index is -0.701. The van der Waals surface area contributed by atoms with Gasteiger partial charge in [0.1, 0.15) is 0 Å². The molecule has 0 radical (unpaired) electrons. The quantitative estimate of drug-likeness (QED) is 0.0674. The number of halogens is 1. The molecule has 0 aliphatic heterocycles. The Morgan fingerprint density at radius 2 is 1.07 bits per heavy atom. The predicted octanol–water partition coefficient (Wildman–Crippen LogP) is 2.98. The van der Waals surface area contributed by atoms with Crippen LogP contribution in [0.25, 0.3) is 23.3 Å². The van der Waals surface area contributed by atoms with E-state index in [1.807, 2.05) is 36.4 Å². The first kappa shape index (κ1) is 32.5. The topological polar surface area (TPSA) is 105 Å². The molecule has 0 saturated heterocycles. The molecule has 0 spiro atoms. The van der Waals surface area contributed by atoms with Crippen LogP contribution in [0.15, 0.2) is 111 Å². The molecule has 3 aromatic rings. The Morgan fingerprint density at radius 3 is 1.65 bits per heavy atom. The second kappa shape index (κ2) is 16.4. The van der Waals surface area contributed by atoms with Gasteiger partial charge in [-0.3, -0.25) is 0 Å². The van der Waals surface area contributed by atoms with Gasteiger partial charge in [-0.15, -0.1) is 0 Å². The van der Waals surface area contributed by atoms with E-state index in [0.29, 0.717) is 11.1 Å². The van der Waals surface area contributed by atoms with Crippen LogP contribution >= 0.6 is 0 Å². The molecule has 0 saturated carbocycles. The average Bonchev–Trinajstić information content (AvgIpc) is 3.02. The SMILES string of the molecule is C=CC(=O)Oc1ccc(-c2ccc(/C=C/c3ccc(OC(=O)C=C)c(OC(=O)/C=C\C[I-]C)c3)cc2)cc1OC(=O)C=C. The summed E-state index contributed by atoms with van der Waals surface area (Å²) in [5, 5.41) is 0. The molecular formula is C34H28IO8-. The third-order valence-electron chi connectivity index (χ3n) is 5.46. The van der Waals surface area contributed by atoms with E-state index in [1.165, 1.54) is 12.1 Å². The number of hydrogen-bond acceptors (Lipinski definition) is 8. The Balaban J connectivity index is 1.83. The molecule has 0 aliphatic rings. The van der Waals surface area contributed by atoms with Crippen molar-refractivity contribution in [3.63, 3.8) is 0 Å². The summed E-state index contributed by atoms with van der Waals surface area (Å²) in [6.07, 6.45) is 9.84. The van der Waals surface area contributed by atoms with Gasteiger partial charge in [0.15, 0.2) is 11.5 Å². The zero-order chi connectivity index (χ0) is 31.2. The molecule has 0 heterocycles. The van der Waals surface area contributed by atoms with E-state index < -0.39 is 23.9 Å². The first-order valence-corrected chi connectivity index (χ1v) is 16.4. The molecule has 43 heavy (non-hydrogen) atoms. The molecule has 0 fully saturated rings. The van der Waals surface area contributed by atoms with Crippen molar-refractivity contribution in [2.24, 2.45) is 0 Å². The molecule has 0 bridgehead atoms. The maximum atomic E-state index is 12.3. The Labute approximate surface area is 259 Å². The van der Waals surface area contributed by atoms with E-state index >= 15 is 0 Å². The molecule has 0 N–H and O–H groups in total. The van der Waals surface area contributed by atoms with Gasteiger partial charge in [0.25, 0.3) is 0 Å². The Morgan fingerprint density at radius 1 is 0.605 bits per heavy atom. The molecule has 9 heteroatoms. The van der Waals surface area contributed by atoms with E-state index in [0.717, 1.165) is 33.8 Å². The molecule has 8 nitrogen and oxygen atoms in total. The predicted molar refractivity (Wildman–Crippen MR) is 160 cm³/mol. The number of carbonyl (C=O) groups is 4. The van der Waals surface area contributed by atoms with E-state index in [2.05, 4.69) is 24.7 Å². The standard InChI is InChI=1S/C34H28IO8/c1-5-31(36)40-27-18-14-24(21-29(27)43-34(39)9-8-20-35-4)11-10-23-12-15-25(16-13-23)26-17-19-28(41-32(37)6-2)30(22-26)42-33(38)7-3/h5-19,21-22H,1-3,20H2,4H3/q-1/b9-8-,11-10+. The monoisotopic (exact) mass is 691 g/mol. The van der Waals surface area contributed by atoms with Gasteiger partial charge in [0, 0.05) is 12.2 Å².